The molecule has 0 aromatic heterocycles. The number of phenols is 1. The van der Waals surface area contributed by atoms with Gasteiger partial charge in [-0.05, 0) is 53.7 Å². The number of benzene rings is 2. The van der Waals surface area contributed by atoms with E-state index in [4.69, 9.17) is 16.3 Å². The second kappa shape index (κ2) is 8.37. The maximum absolute atomic E-state index is 12.5. The number of carbonyl (C=O) groups excluding carboxylic acids is 3. The summed E-state index contributed by atoms with van der Waals surface area (Å²) in [7, 11) is 1.48. The Labute approximate surface area is 169 Å². The third-order valence-corrected chi connectivity index (χ3v) is 5.00. The Bertz CT molecular complexity index is 975. The lowest BCUT2D eigenvalue weighted by atomic mass is 10.2. The van der Waals surface area contributed by atoms with Crippen molar-refractivity contribution in [2.75, 3.05) is 19.0 Å². The highest BCUT2D eigenvalue weighted by molar-refractivity contribution is 8.18. The minimum Gasteiger partial charge on any atom is -0.508 e. The highest BCUT2D eigenvalue weighted by atomic mass is 35.5. The van der Waals surface area contributed by atoms with Crippen LogP contribution in [0.2, 0.25) is 5.02 Å². The van der Waals surface area contributed by atoms with E-state index in [9.17, 15) is 19.5 Å². The zero-order valence-electron chi connectivity index (χ0n) is 14.6. The molecular formula is C19H15ClN2O5S. The standard InChI is InChI=1S/C19H15ClN2O5S/c1-27-15-7-4-12(9-14(15)20)21-17(24)10-22-18(25)16(28-19(22)26)8-11-2-5-13(23)6-3-11/h2-9,23H,10H2,1H3,(H,21,24). The Balaban J connectivity index is 1.67. The van der Waals surface area contributed by atoms with Crippen LogP contribution in [0.4, 0.5) is 10.5 Å². The topological polar surface area (TPSA) is 95.9 Å². The lowest BCUT2D eigenvalue weighted by Crippen LogP contribution is -2.36. The monoisotopic (exact) mass is 418 g/mol. The number of aromatic hydroxyl groups is 1. The fourth-order valence-electron chi connectivity index (χ4n) is 2.45. The Morgan fingerprint density at radius 3 is 2.61 bits per heavy atom. The normalized spacial score (nSPS) is 15.2. The molecule has 2 aromatic rings. The second-order valence-corrected chi connectivity index (χ2v) is 7.16. The first kappa shape index (κ1) is 19.8. The molecule has 1 aliphatic rings. The number of methoxy groups -OCH3 is 1. The van der Waals surface area contributed by atoms with Crippen molar-refractivity contribution >= 4 is 52.2 Å². The minimum atomic E-state index is -0.550. The van der Waals surface area contributed by atoms with Gasteiger partial charge >= 0.3 is 0 Å². The molecule has 7 nitrogen and oxygen atoms in total. The SMILES string of the molecule is COc1ccc(NC(=O)CN2C(=O)SC(=Cc3ccc(O)cc3)C2=O)cc1Cl. The number of phenolic OH excluding ortho intramolecular Hbond substituents is 1. The molecule has 1 fully saturated rings. The number of halogens is 1. The van der Waals surface area contributed by atoms with Crippen molar-refractivity contribution in [1.82, 2.24) is 4.90 Å². The number of ether oxygens (including phenoxy) is 1. The second-order valence-electron chi connectivity index (χ2n) is 5.76. The van der Waals surface area contributed by atoms with E-state index in [0.717, 1.165) is 16.7 Å². The summed E-state index contributed by atoms with van der Waals surface area (Å²) in [5, 5.41) is 11.7. The van der Waals surface area contributed by atoms with E-state index in [2.05, 4.69) is 5.32 Å². The quantitative estimate of drug-likeness (QED) is 0.718. The summed E-state index contributed by atoms with van der Waals surface area (Å²) in [5.74, 6) is -0.522. The Kier molecular flexibility index (Phi) is 5.91. The van der Waals surface area contributed by atoms with Crippen LogP contribution in [-0.2, 0) is 9.59 Å². The Morgan fingerprint density at radius 1 is 1.25 bits per heavy atom. The molecule has 1 heterocycles. The van der Waals surface area contributed by atoms with E-state index in [1.165, 1.54) is 31.4 Å². The number of rotatable bonds is 5. The zero-order valence-corrected chi connectivity index (χ0v) is 16.2. The number of thioether (sulfide) groups is 1. The maximum Gasteiger partial charge on any atom is 0.294 e. The van der Waals surface area contributed by atoms with Crippen molar-refractivity contribution in [1.29, 1.82) is 0 Å². The molecule has 0 aliphatic carbocycles. The largest absolute Gasteiger partial charge is 0.508 e. The van der Waals surface area contributed by atoms with Gasteiger partial charge in [-0.25, -0.2) is 0 Å². The van der Waals surface area contributed by atoms with Gasteiger partial charge in [-0.2, -0.15) is 0 Å². The van der Waals surface area contributed by atoms with Crippen LogP contribution in [0.25, 0.3) is 6.08 Å². The number of anilines is 1. The van der Waals surface area contributed by atoms with Gasteiger partial charge in [-0.15, -0.1) is 0 Å². The average Bonchev–Trinajstić information content (AvgIpc) is 2.91. The van der Waals surface area contributed by atoms with Crippen molar-refractivity contribution in [3.63, 3.8) is 0 Å². The lowest BCUT2D eigenvalue weighted by Gasteiger charge is -2.13. The highest BCUT2D eigenvalue weighted by Crippen LogP contribution is 2.32. The molecule has 1 aliphatic heterocycles. The molecule has 3 amide bonds. The van der Waals surface area contributed by atoms with Gasteiger partial charge < -0.3 is 15.2 Å². The Hall–Kier alpha value is -2.97. The average molecular weight is 419 g/mol. The summed E-state index contributed by atoms with van der Waals surface area (Å²) in [5.41, 5.74) is 1.07. The van der Waals surface area contributed by atoms with Gasteiger partial charge in [0.25, 0.3) is 11.1 Å². The molecule has 144 valence electrons. The van der Waals surface area contributed by atoms with Gasteiger partial charge in [-0.3, -0.25) is 19.3 Å². The van der Waals surface area contributed by atoms with Crippen LogP contribution in [0, 0.1) is 0 Å². The van der Waals surface area contributed by atoms with Gasteiger partial charge in [0.15, 0.2) is 0 Å². The molecule has 3 rings (SSSR count). The van der Waals surface area contributed by atoms with Crippen LogP contribution >= 0.6 is 23.4 Å². The van der Waals surface area contributed by atoms with Gasteiger partial charge in [0.1, 0.15) is 18.0 Å². The molecule has 2 aromatic carbocycles. The van der Waals surface area contributed by atoms with Crippen LogP contribution < -0.4 is 10.1 Å². The van der Waals surface area contributed by atoms with E-state index < -0.39 is 23.6 Å². The van der Waals surface area contributed by atoms with E-state index in [1.807, 2.05) is 0 Å². The molecule has 0 bridgehead atoms. The predicted molar refractivity (Wildman–Crippen MR) is 107 cm³/mol. The van der Waals surface area contributed by atoms with E-state index in [1.54, 1.807) is 24.3 Å². The molecule has 0 saturated carbocycles. The first-order valence-corrected chi connectivity index (χ1v) is 9.24. The van der Waals surface area contributed by atoms with Crippen molar-refractivity contribution in [3.8, 4) is 11.5 Å². The molecule has 1 saturated heterocycles. The molecule has 0 unspecified atom stereocenters. The van der Waals surface area contributed by atoms with Gasteiger partial charge in [0.2, 0.25) is 5.91 Å². The highest BCUT2D eigenvalue weighted by Gasteiger charge is 2.36. The summed E-state index contributed by atoms with van der Waals surface area (Å²) in [6.07, 6.45) is 1.53. The molecular weight excluding hydrogens is 404 g/mol. The lowest BCUT2D eigenvalue weighted by molar-refractivity contribution is -0.127. The number of carbonyl (C=O) groups is 3. The number of nitrogens with zero attached hydrogens (tertiary/aromatic N) is 1. The van der Waals surface area contributed by atoms with Crippen molar-refractivity contribution in [3.05, 3.63) is 58.0 Å². The first-order valence-electron chi connectivity index (χ1n) is 8.05. The predicted octanol–water partition coefficient (Wildman–Crippen LogP) is 3.73. The van der Waals surface area contributed by atoms with Crippen LogP contribution in [-0.4, -0.2) is 40.7 Å². The fourth-order valence-corrected chi connectivity index (χ4v) is 3.54. The summed E-state index contributed by atoms with van der Waals surface area (Å²) in [6, 6.07) is 10.9. The maximum atomic E-state index is 12.5. The van der Waals surface area contributed by atoms with E-state index in [0.29, 0.717) is 22.0 Å². The van der Waals surface area contributed by atoms with Crippen molar-refractivity contribution in [2.45, 2.75) is 0 Å². The third-order valence-electron chi connectivity index (χ3n) is 3.80. The van der Waals surface area contributed by atoms with Crippen LogP contribution in [0.1, 0.15) is 5.56 Å². The Morgan fingerprint density at radius 2 is 1.96 bits per heavy atom. The number of hydrogen-bond acceptors (Lipinski definition) is 6. The minimum absolute atomic E-state index is 0.0977. The van der Waals surface area contributed by atoms with Crippen LogP contribution in [0.5, 0.6) is 11.5 Å². The summed E-state index contributed by atoms with van der Waals surface area (Å²) in [6.45, 7) is -0.415. The van der Waals surface area contributed by atoms with Gasteiger partial charge in [0.05, 0.1) is 17.0 Å². The molecule has 28 heavy (non-hydrogen) atoms. The van der Waals surface area contributed by atoms with Crippen LogP contribution in [0.3, 0.4) is 0 Å². The molecule has 0 radical (unpaired) electrons. The molecule has 2 N–H and O–H groups in total. The van der Waals surface area contributed by atoms with E-state index in [-0.39, 0.29) is 10.7 Å². The number of imide groups is 1. The summed E-state index contributed by atoms with van der Waals surface area (Å²) in [4.78, 5) is 37.9. The summed E-state index contributed by atoms with van der Waals surface area (Å²) >= 11 is 6.77. The molecule has 0 atom stereocenters. The smallest absolute Gasteiger partial charge is 0.294 e. The third kappa shape index (κ3) is 4.47. The summed E-state index contributed by atoms with van der Waals surface area (Å²) < 4.78 is 5.04. The number of nitrogens with one attached hydrogen (secondary N) is 1. The molecule has 0 spiro atoms. The fraction of sp³-hybridized carbons (Fsp3) is 0.105. The van der Waals surface area contributed by atoms with E-state index >= 15 is 0 Å². The van der Waals surface area contributed by atoms with Crippen molar-refractivity contribution in [2.24, 2.45) is 0 Å². The first-order chi connectivity index (χ1) is 13.4. The van der Waals surface area contributed by atoms with Gasteiger partial charge in [-0.1, -0.05) is 23.7 Å². The van der Waals surface area contributed by atoms with Crippen LogP contribution in [0.15, 0.2) is 47.4 Å². The van der Waals surface area contributed by atoms with Crippen molar-refractivity contribution < 1.29 is 24.2 Å². The zero-order chi connectivity index (χ0) is 20.3. The van der Waals surface area contributed by atoms with Gasteiger partial charge in [0, 0.05) is 5.69 Å². The molecule has 9 heteroatoms. The number of amides is 3. The number of hydrogen-bond donors (Lipinski definition) is 2.